The van der Waals surface area contributed by atoms with Crippen molar-refractivity contribution in [2.75, 3.05) is 11.8 Å². The van der Waals surface area contributed by atoms with Crippen molar-refractivity contribution in [3.63, 3.8) is 0 Å². The zero-order valence-corrected chi connectivity index (χ0v) is 15.3. The maximum atomic E-state index is 14.3. The summed E-state index contributed by atoms with van der Waals surface area (Å²) in [7, 11) is -2.83. The molecule has 0 amide bonds. The van der Waals surface area contributed by atoms with E-state index in [2.05, 4.69) is 14.6 Å². The first-order valence-electron chi connectivity index (χ1n) is 7.83. The van der Waals surface area contributed by atoms with Crippen LogP contribution in [0.3, 0.4) is 0 Å². The molecule has 0 unspecified atom stereocenters. The zero-order valence-electron chi connectivity index (χ0n) is 14.5. The predicted molar refractivity (Wildman–Crippen MR) is 96.8 cm³/mol. The fraction of sp³-hybridized carbons (Fsp3) is 0.111. The SMILES string of the molecule is COC(=O)c1ccc(C)c(S(=O)(=O)Nc2ccc(-n3cccn3)c(F)c2)c1. The topological polar surface area (TPSA) is 90.3 Å². The quantitative estimate of drug-likeness (QED) is 0.678. The Balaban J connectivity index is 1.93. The number of nitrogens with zero attached hydrogens (tertiary/aromatic N) is 2. The third-order valence-corrected chi connectivity index (χ3v) is 5.37. The Morgan fingerprint density at radius 3 is 2.63 bits per heavy atom. The van der Waals surface area contributed by atoms with Gasteiger partial charge in [0.2, 0.25) is 0 Å². The van der Waals surface area contributed by atoms with E-state index in [9.17, 15) is 17.6 Å². The van der Waals surface area contributed by atoms with Crippen LogP contribution in [-0.2, 0) is 14.8 Å². The van der Waals surface area contributed by atoms with Crippen LogP contribution >= 0.6 is 0 Å². The first-order valence-corrected chi connectivity index (χ1v) is 9.31. The number of aromatic nitrogens is 2. The van der Waals surface area contributed by atoms with E-state index in [1.807, 2.05) is 0 Å². The molecule has 2 aromatic carbocycles. The van der Waals surface area contributed by atoms with E-state index < -0.39 is 21.8 Å². The van der Waals surface area contributed by atoms with Crippen LogP contribution in [0.2, 0.25) is 0 Å². The van der Waals surface area contributed by atoms with E-state index >= 15 is 0 Å². The lowest BCUT2D eigenvalue weighted by Gasteiger charge is -2.12. The number of methoxy groups -OCH3 is 1. The molecule has 0 saturated heterocycles. The molecule has 7 nitrogen and oxygen atoms in total. The number of hydrogen-bond acceptors (Lipinski definition) is 5. The Morgan fingerprint density at radius 2 is 2.00 bits per heavy atom. The molecule has 140 valence electrons. The molecule has 0 radical (unpaired) electrons. The van der Waals surface area contributed by atoms with Gasteiger partial charge in [-0.3, -0.25) is 4.72 Å². The van der Waals surface area contributed by atoms with Gasteiger partial charge in [-0.25, -0.2) is 22.3 Å². The van der Waals surface area contributed by atoms with E-state index in [-0.39, 0.29) is 21.8 Å². The number of esters is 1. The van der Waals surface area contributed by atoms with Crippen molar-refractivity contribution >= 4 is 21.7 Å². The number of halogens is 1. The van der Waals surface area contributed by atoms with Gasteiger partial charge in [-0.05, 0) is 42.8 Å². The maximum absolute atomic E-state index is 14.3. The van der Waals surface area contributed by atoms with Gasteiger partial charge in [-0.15, -0.1) is 0 Å². The van der Waals surface area contributed by atoms with Gasteiger partial charge >= 0.3 is 5.97 Å². The number of sulfonamides is 1. The number of hydrogen-bond donors (Lipinski definition) is 1. The second-order valence-corrected chi connectivity index (χ2v) is 7.35. The largest absolute Gasteiger partial charge is 0.465 e. The van der Waals surface area contributed by atoms with Crippen molar-refractivity contribution in [1.82, 2.24) is 9.78 Å². The first-order chi connectivity index (χ1) is 12.8. The van der Waals surface area contributed by atoms with E-state index in [0.717, 1.165) is 6.07 Å². The number of aryl methyl sites for hydroxylation is 1. The standard InChI is InChI=1S/C18H16FN3O4S/c1-12-4-5-13(18(23)26-2)10-17(12)27(24,25)21-14-6-7-16(15(19)11-14)22-9-3-8-20-22/h3-11,21H,1-2H3. The molecule has 0 aliphatic rings. The minimum atomic E-state index is -4.04. The van der Waals surface area contributed by atoms with Gasteiger partial charge in [0.05, 0.1) is 23.3 Å². The third kappa shape index (κ3) is 3.82. The summed E-state index contributed by atoms with van der Waals surface area (Å²) in [5.41, 5.74) is 0.769. The van der Waals surface area contributed by atoms with Crippen LogP contribution in [0.4, 0.5) is 10.1 Å². The van der Waals surface area contributed by atoms with Crippen molar-refractivity contribution in [3.8, 4) is 5.69 Å². The van der Waals surface area contributed by atoms with Gasteiger partial charge in [0, 0.05) is 18.5 Å². The average Bonchev–Trinajstić information content (AvgIpc) is 3.15. The van der Waals surface area contributed by atoms with Crippen molar-refractivity contribution in [2.45, 2.75) is 11.8 Å². The Bertz CT molecular complexity index is 1100. The highest BCUT2D eigenvalue weighted by molar-refractivity contribution is 7.92. The fourth-order valence-corrected chi connectivity index (χ4v) is 3.83. The molecule has 3 aromatic rings. The number of ether oxygens (including phenoxy) is 1. The lowest BCUT2D eigenvalue weighted by molar-refractivity contribution is 0.0600. The van der Waals surface area contributed by atoms with Crippen LogP contribution in [0.1, 0.15) is 15.9 Å². The van der Waals surface area contributed by atoms with Gasteiger partial charge in [-0.1, -0.05) is 6.07 Å². The normalized spacial score (nSPS) is 11.2. The molecular weight excluding hydrogens is 373 g/mol. The molecular formula is C18H16FN3O4S. The van der Waals surface area contributed by atoms with E-state index in [4.69, 9.17) is 0 Å². The summed E-state index contributed by atoms with van der Waals surface area (Å²) < 4.78 is 48.0. The van der Waals surface area contributed by atoms with Crippen LogP contribution in [0.5, 0.6) is 0 Å². The number of anilines is 1. The molecule has 1 aromatic heterocycles. The number of rotatable bonds is 5. The average molecular weight is 389 g/mol. The highest BCUT2D eigenvalue weighted by Crippen LogP contribution is 2.23. The summed E-state index contributed by atoms with van der Waals surface area (Å²) in [6.45, 7) is 1.59. The van der Waals surface area contributed by atoms with Gasteiger partial charge in [0.25, 0.3) is 10.0 Å². The van der Waals surface area contributed by atoms with Crippen LogP contribution in [0, 0.1) is 12.7 Å². The van der Waals surface area contributed by atoms with Crippen LogP contribution in [-0.4, -0.2) is 31.3 Å². The molecule has 1 heterocycles. The molecule has 0 aliphatic carbocycles. The summed E-state index contributed by atoms with van der Waals surface area (Å²) in [5, 5.41) is 3.94. The summed E-state index contributed by atoms with van der Waals surface area (Å²) in [5.74, 6) is -1.29. The number of carbonyl (C=O) groups is 1. The minimum Gasteiger partial charge on any atom is -0.465 e. The second-order valence-electron chi connectivity index (χ2n) is 5.69. The van der Waals surface area contributed by atoms with Crippen molar-refractivity contribution < 1.29 is 22.3 Å². The Labute approximate surface area is 155 Å². The first kappa shape index (κ1) is 18.6. The molecule has 0 bridgehead atoms. The number of nitrogens with one attached hydrogen (secondary N) is 1. The Morgan fingerprint density at radius 1 is 1.22 bits per heavy atom. The van der Waals surface area contributed by atoms with E-state index in [0.29, 0.717) is 5.56 Å². The molecule has 9 heteroatoms. The summed E-state index contributed by atoms with van der Waals surface area (Å²) >= 11 is 0. The molecule has 1 N–H and O–H groups in total. The van der Waals surface area contributed by atoms with E-state index in [1.54, 1.807) is 19.2 Å². The molecule has 27 heavy (non-hydrogen) atoms. The second kappa shape index (κ2) is 7.20. The van der Waals surface area contributed by atoms with Crippen LogP contribution in [0.25, 0.3) is 5.69 Å². The van der Waals surface area contributed by atoms with Crippen LogP contribution in [0.15, 0.2) is 59.8 Å². The van der Waals surface area contributed by atoms with Gasteiger partial charge in [0.1, 0.15) is 5.69 Å². The molecule has 0 atom stereocenters. The lowest BCUT2D eigenvalue weighted by atomic mass is 10.1. The highest BCUT2D eigenvalue weighted by Gasteiger charge is 2.20. The van der Waals surface area contributed by atoms with Crippen molar-refractivity contribution in [1.29, 1.82) is 0 Å². The number of carbonyl (C=O) groups excluding carboxylic acids is 1. The zero-order chi connectivity index (χ0) is 19.6. The van der Waals surface area contributed by atoms with E-state index in [1.165, 1.54) is 48.3 Å². The fourth-order valence-electron chi connectivity index (χ4n) is 2.51. The van der Waals surface area contributed by atoms with Crippen molar-refractivity contribution in [3.05, 3.63) is 71.8 Å². The van der Waals surface area contributed by atoms with Gasteiger partial charge < -0.3 is 4.74 Å². The smallest absolute Gasteiger partial charge is 0.337 e. The monoisotopic (exact) mass is 389 g/mol. The van der Waals surface area contributed by atoms with Crippen LogP contribution < -0.4 is 4.72 Å². The Hall–Kier alpha value is -3.20. The molecule has 0 spiro atoms. The Kier molecular flexibility index (Phi) is 4.95. The molecule has 0 fully saturated rings. The van der Waals surface area contributed by atoms with Gasteiger partial charge in [-0.2, -0.15) is 5.10 Å². The minimum absolute atomic E-state index is 0.0475. The predicted octanol–water partition coefficient (Wildman–Crippen LogP) is 2.91. The lowest BCUT2D eigenvalue weighted by Crippen LogP contribution is -2.16. The number of benzene rings is 2. The summed E-state index contributed by atoms with van der Waals surface area (Å²) in [6, 6.07) is 9.75. The molecule has 0 aliphatic heterocycles. The maximum Gasteiger partial charge on any atom is 0.337 e. The summed E-state index contributed by atoms with van der Waals surface area (Å²) in [6.07, 6.45) is 3.08. The third-order valence-electron chi connectivity index (χ3n) is 3.85. The summed E-state index contributed by atoms with van der Waals surface area (Å²) in [4.78, 5) is 11.6. The highest BCUT2D eigenvalue weighted by atomic mass is 32.2. The van der Waals surface area contributed by atoms with Crippen molar-refractivity contribution in [2.24, 2.45) is 0 Å². The molecule has 3 rings (SSSR count). The molecule has 0 saturated carbocycles. The van der Waals surface area contributed by atoms with Gasteiger partial charge in [0.15, 0.2) is 5.82 Å².